The Hall–Kier alpha value is -1.35. The Balaban J connectivity index is 2.11. The van der Waals surface area contributed by atoms with Crippen LogP contribution in [0.4, 0.5) is 0 Å². The number of carbonyl (C=O) groups is 1. The predicted octanol–water partition coefficient (Wildman–Crippen LogP) is 4.77. The topological polar surface area (TPSA) is 46.5 Å². The van der Waals surface area contributed by atoms with Gasteiger partial charge in [-0.2, -0.15) is 0 Å². The minimum atomic E-state index is -0.955. The van der Waals surface area contributed by atoms with Gasteiger partial charge in [0, 0.05) is 5.56 Å². The van der Waals surface area contributed by atoms with Gasteiger partial charge < -0.3 is 9.84 Å². The molecule has 1 aromatic rings. The third kappa shape index (κ3) is 7.60. The van der Waals surface area contributed by atoms with Crippen LogP contribution in [-0.2, 0) is 0 Å². The molecule has 0 saturated heterocycles. The first-order valence-electron chi connectivity index (χ1n) is 8.60. The van der Waals surface area contributed by atoms with E-state index < -0.39 is 6.10 Å². The monoisotopic (exact) mass is 306 g/mol. The van der Waals surface area contributed by atoms with E-state index in [1.54, 1.807) is 24.3 Å². The molecule has 0 bridgehead atoms. The summed E-state index contributed by atoms with van der Waals surface area (Å²) in [5.41, 5.74) is 0.523. The van der Waals surface area contributed by atoms with Crippen molar-refractivity contribution in [3.8, 4) is 5.75 Å². The van der Waals surface area contributed by atoms with Crippen LogP contribution >= 0.6 is 0 Å². The highest BCUT2D eigenvalue weighted by Crippen LogP contribution is 2.15. The van der Waals surface area contributed by atoms with Crippen LogP contribution in [-0.4, -0.2) is 23.6 Å². The van der Waals surface area contributed by atoms with E-state index in [-0.39, 0.29) is 5.78 Å². The summed E-state index contributed by atoms with van der Waals surface area (Å²) < 4.78 is 5.67. The Kier molecular flexibility index (Phi) is 9.56. The zero-order valence-corrected chi connectivity index (χ0v) is 14.0. The maximum Gasteiger partial charge on any atom is 0.190 e. The molecule has 0 saturated carbocycles. The van der Waals surface area contributed by atoms with Crippen LogP contribution in [0.1, 0.15) is 75.6 Å². The van der Waals surface area contributed by atoms with Crippen LogP contribution in [0.5, 0.6) is 5.75 Å². The number of hydrogen-bond acceptors (Lipinski definition) is 3. The molecule has 0 aliphatic carbocycles. The Morgan fingerprint density at radius 1 is 1.00 bits per heavy atom. The van der Waals surface area contributed by atoms with Crippen molar-refractivity contribution in [1.82, 2.24) is 0 Å². The summed E-state index contributed by atoms with van der Waals surface area (Å²) in [7, 11) is 0. The lowest BCUT2D eigenvalue weighted by Crippen LogP contribution is -2.15. The molecule has 1 aromatic carbocycles. The molecule has 0 amide bonds. The first-order chi connectivity index (χ1) is 10.6. The van der Waals surface area contributed by atoms with Crippen LogP contribution in [0.3, 0.4) is 0 Å². The molecule has 3 heteroatoms. The zero-order chi connectivity index (χ0) is 16.2. The first kappa shape index (κ1) is 18.7. The van der Waals surface area contributed by atoms with Crippen molar-refractivity contribution in [2.24, 2.45) is 0 Å². The fraction of sp³-hybridized carbons (Fsp3) is 0.632. The molecule has 0 heterocycles. The SMILES string of the molecule is CCCCCCCCCCOc1ccc(C(=O)C(C)O)cc1. The summed E-state index contributed by atoms with van der Waals surface area (Å²) in [4.78, 5) is 11.6. The normalized spacial score (nSPS) is 12.1. The van der Waals surface area contributed by atoms with Gasteiger partial charge in [0.15, 0.2) is 5.78 Å². The van der Waals surface area contributed by atoms with E-state index in [0.717, 1.165) is 18.8 Å². The van der Waals surface area contributed by atoms with Crippen molar-refractivity contribution >= 4 is 5.78 Å². The van der Waals surface area contributed by atoms with Crippen LogP contribution in [0.25, 0.3) is 0 Å². The minimum absolute atomic E-state index is 0.255. The number of aliphatic hydroxyl groups is 1. The molecule has 0 spiro atoms. The third-order valence-electron chi connectivity index (χ3n) is 3.78. The van der Waals surface area contributed by atoms with Crippen LogP contribution < -0.4 is 4.74 Å². The number of Topliss-reactive ketones (excluding diaryl/α,β-unsaturated/α-hetero) is 1. The van der Waals surface area contributed by atoms with Gasteiger partial charge in [-0.3, -0.25) is 4.79 Å². The van der Waals surface area contributed by atoms with Crippen LogP contribution in [0.2, 0.25) is 0 Å². The Labute approximate surface area is 134 Å². The lowest BCUT2D eigenvalue weighted by atomic mass is 10.1. The number of benzene rings is 1. The highest BCUT2D eigenvalue weighted by atomic mass is 16.5. The van der Waals surface area contributed by atoms with Gasteiger partial charge in [-0.05, 0) is 37.6 Å². The molecular weight excluding hydrogens is 276 g/mol. The number of aliphatic hydroxyl groups excluding tert-OH is 1. The second kappa shape index (κ2) is 11.2. The fourth-order valence-electron chi connectivity index (χ4n) is 2.38. The summed E-state index contributed by atoms with van der Waals surface area (Å²) in [6, 6.07) is 7.00. The average molecular weight is 306 g/mol. The summed E-state index contributed by atoms with van der Waals surface area (Å²) in [5.74, 6) is 0.528. The molecule has 1 N–H and O–H groups in total. The number of hydrogen-bond donors (Lipinski definition) is 1. The summed E-state index contributed by atoms with van der Waals surface area (Å²) in [6.07, 6.45) is 9.33. The molecule has 124 valence electrons. The van der Waals surface area contributed by atoms with Crippen molar-refractivity contribution in [2.45, 2.75) is 71.3 Å². The average Bonchev–Trinajstić information content (AvgIpc) is 2.53. The highest BCUT2D eigenvalue weighted by Gasteiger charge is 2.11. The fourth-order valence-corrected chi connectivity index (χ4v) is 2.38. The second-order valence-corrected chi connectivity index (χ2v) is 5.89. The largest absolute Gasteiger partial charge is 0.494 e. The van der Waals surface area contributed by atoms with Gasteiger partial charge in [-0.25, -0.2) is 0 Å². The molecule has 1 atom stereocenters. The third-order valence-corrected chi connectivity index (χ3v) is 3.78. The maximum atomic E-state index is 11.6. The van der Waals surface area contributed by atoms with Gasteiger partial charge >= 0.3 is 0 Å². The van der Waals surface area contributed by atoms with Gasteiger partial charge in [0.25, 0.3) is 0 Å². The van der Waals surface area contributed by atoms with E-state index >= 15 is 0 Å². The quantitative estimate of drug-likeness (QED) is 0.447. The zero-order valence-electron chi connectivity index (χ0n) is 14.0. The van der Waals surface area contributed by atoms with E-state index in [4.69, 9.17) is 4.74 Å². The van der Waals surface area contributed by atoms with Gasteiger partial charge in [0.05, 0.1) is 6.61 Å². The number of ether oxygens (including phenoxy) is 1. The van der Waals surface area contributed by atoms with Crippen molar-refractivity contribution in [3.05, 3.63) is 29.8 Å². The molecule has 3 nitrogen and oxygen atoms in total. The minimum Gasteiger partial charge on any atom is -0.494 e. The lowest BCUT2D eigenvalue weighted by molar-refractivity contribution is 0.0779. The summed E-state index contributed by atoms with van der Waals surface area (Å²) >= 11 is 0. The van der Waals surface area contributed by atoms with Gasteiger partial charge in [0.2, 0.25) is 0 Å². The molecular formula is C19H30O3. The first-order valence-corrected chi connectivity index (χ1v) is 8.60. The van der Waals surface area contributed by atoms with E-state index in [1.165, 1.54) is 51.9 Å². The van der Waals surface area contributed by atoms with Crippen molar-refractivity contribution in [1.29, 1.82) is 0 Å². The molecule has 0 radical (unpaired) electrons. The van der Waals surface area contributed by atoms with Crippen molar-refractivity contribution in [3.63, 3.8) is 0 Å². The van der Waals surface area contributed by atoms with E-state index in [2.05, 4.69) is 6.92 Å². The number of unbranched alkanes of at least 4 members (excludes halogenated alkanes) is 7. The van der Waals surface area contributed by atoms with Crippen LogP contribution in [0, 0.1) is 0 Å². The van der Waals surface area contributed by atoms with Gasteiger partial charge in [-0.1, -0.05) is 51.9 Å². The van der Waals surface area contributed by atoms with Crippen molar-refractivity contribution in [2.75, 3.05) is 6.61 Å². The van der Waals surface area contributed by atoms with E-state index in [9.17, 15) is 9.90 Å². The summed E-state index contributed by atoms with van der Waals surface area (Å²) in [5, 5.41) is 9.25. The standard InChI is InChI=1S/C19H30O3/c1-3-4-5-6-7-8-9-10-15-22-18-13-11-17(12-14-18)19(21)16(2)20/h11-14,16,20H,3-10,15H2,1-2H3. The summed E-state index contributed by atoms with van der Waals surface area (Å²) in [6.45, 7) is 4.44. The Morgan fingerprint density at radius 3 is 2.09 bits per heavy atom. The van der Waals surface area contributed by atoms with Crippen LogP contribution in [0.15, 0.2) is 24.3 Å². The number of rotatable bonds is 12. The van der Waals surface area contributed by atoms with Crippen molar-refractivity contribution < 1.29 is 14.6 Å². The second-order valence-electron chi connectivity index (χ2n) is 5.89. The number of carbonyl (C=O) groups excluding carboxylic acids is 1. The predicted molar refractivity (Wildman–Crippen MR) is 90.6 cm³/mol. The van der Waals surface area contributed by atoms with E-state index in [0.29, 0.717) is 5.56 Å². The molecule has 1 rings (SSSR count). The van der Waals surface area contributed by atoms with E-state index in [1.807, 2.05) is 0 Å². The molecule has 0 fully saturated rings. The molecule has 0 aliphatic heterocycles. The molecule has 1 unspecified atom stereocenters. The highest BCUT2D eigenvalue weighted by molar-refractivity contribution is 5.99. The smallest absolute Gasteiger partial charge is 0.190 e. The maximum absolute atomic E-state index is 11.6. The molecule has 22 heavy (non-hydrogen) atoms. The van der Waals surface area contributed by atoms with Gasteiger partial charge in [-0.15, -0.1) is 0 Å². The Morgan fingerprint density at radius 2 is 1.55 bits per heavy atom. The molecule has 0 aliphatic rings. The number of ketones is 1. The molecule has 0 aromatic heterocycles. The lowest BCUT2D eigenvalue weighted by Gasteiger charge is -2.08. The Bertz CT molecular complexity index is 409. The van der Waals surface area contributed by atoms with Gasteiger partial charge in [0.1, 0.15) is 11.9 Å².